The fraction of sp³-hybridized carbons (Fsp3) is 1.00. The first-order valence-electron chi connectivity index (χ1n) is 6.26. The third kappa shape index (κ3) is 4.98. The van der Waals surface area contributed by atoms with E-state index >= 15 is 0 Å². The second-order valence-electron chi connectivity index (χ2n) is 5.87. The average molecular weight is 214 g/mol. The summed E-state index contributed by atoms with van der Waals surface area (Å²) in [5.41, 5.74) is 0.0374. The number of hydrogen-bond acceptors (Lipinski definition) is 2. The molecule has 1 heterocycles. The molecule has 1 N–H and O–H groups in total. The Bertz CT molecular complexity index is 166. The molecule has 15 heavy (non-hydrogen) atoms. The van der Waals surface area contributed by atoms with E-state index in [-0.39, 0.29) is 11.5 Å². The largest absolute Gasteiger partial charge is 0.393 e. The highest BCUT2D eigenvalue weighted by atomic mass is 16.5. The van der Waals surface area contributed by atoms with Gasteiger partial charge in [-0.05, 0) is 30.6 Å². The Labute approximate surface area is 94.0 Å². The SMILES string of the molecule is CC(C)(C)C(O)CCCC1CCOCC1. The highest BCUT2D eigenvalue weighted by Crippen LogP contribution is 2.26. The van der Waals surface area contributed by atoms with Gasteiger partial charge in [0.1, 0.15) is 0 Å². The molecule has 1 rings (SSSR count). The second kappa shape index (κ2) is 5.86. The van der Waals surface area contributed by atoms with E-state index in [4.69, 9.17) is 4.74 Å². The topological polar surface area (TPSA) is 29.5 Å². The smallest absolute Gasteiger partial charge is 0.0588 e. The van der Waals surface area contributed by atoms with Crippen LogP contribution in [0.1, 0.15) is 52.9 Å². The van der Waals surface area contributed by atoms with E-state index in [0.717, 1.165) is 32.0 Å². The molecule has 1 fully saturated rings. The van der Waals surface area contributed by atoms with Crippen LogP contribution in [0, 0.1) is 11.3 Å². The average Bonchev–Trinajstić information content (AvgIpc) is 2.18. The van der Waals surface area contributed by atoms with Crippen molar-refractivity contribution in [2.75, 3.05) is 13.2 Å². The van der Waals surface area contributed by atoms with Crippen molar-refractivity contribution in [2.45, 2.75) is 59.0 Å². The third-order valence-electron chi connectivity index (χ3n) is 3.43. The van der Waals surface area contributed by atoms with Gasteiger partial charge in [0.15, 0.2) is 0 Å². The summed E-state index contributed by atoms with van der Waals surface area (Å²) in [6.45, 7) is 8.18. The molecule has 0 aromatic carbocycles. The van der Waals surface area contributed by atoms with Gasteiger partial charge in [-0.2, -0.15) is 0 Å². The summed E-state index contributed by atoms with van der Waals surface area (Å²) in [6, 6.07) is 0. The van der Waals surface area contributed by atoms with E-state index in [0.29, 0.717) is 0 Å². The van der Waals surface area contributed by atoms with Crippen LogP contribution in [-0.4, -0.2) is 24.4 Å². The maximum atomic E-state index is 9.89. The molecule has 0 aliphatic carbocycles. The molecular weight excluding hydrogens is 188 g/mol. The first-order valence-corrected chi connectivity index (χ1v) is 6.26. The lowest BCUT2D eigenvalue weighted by molar-refractivity contribution is 0.0437. The maximum Gasteiger partial charge on any atom is 0.0588 e. The van der Waals surface area contributed by atoms with Crippen LogP contribution in [0.15, 0.2) is 0 Å². The summed E-state index contributed by atoms with van der Waals surface area (Å²) in [5, 5.41) is 9.89. The molecule has 1 atom stereocenters. The van der Waals surface area contributed by atoms with Gasteiger partial charge in [0, 0.05) is 13.2 Å². The van der Waals surface area contributed by atoms with Crippen LogP contribution in [0.2, 0.25) is 0 Å². The Hall–Kier alpha value is -0.0800. The van der Waals surface area contributed by atoms with Crippen LogP contribution in [0.4, 0.5) is 0 Å². The summed E-state index contributed by atoms with van der Waals surface area (Å²) < 4.78 is 5.33. The monoisotopic (exact) mass is 214 g/mol. The summed E-state index contributed by atoms with van der Waals surface area (Å²) in [5.74, 6) is 0.839. The van der Waals surface area contributed by atoms with Crippen molar-refractivity contribution < 1.29 is 9.84 Å². The molecule has 0 saturated carbocycles. The quantitative estimate of drug-likeness (QED) is 0.779. The fourth-order valence-corrected chi connectivity index (χ4v) is 2.07. The minimum atomic E-state index is -0.155. The van der Waals surface area contributed by atoms with Crippen molar-refractivity contribution in [2.24, 2.45) is 11.3 Å². The molecule has 2 nitrogen and oxygen atoms in total. The molecule has 1 aliphatic rings. The fourth-order valence-electron chi connectivity index (χ4n) is 2.07. The Morgan fingerprint density at radius 2 is 1.87 bits per heavy atom. The normalized spacial score (nSPS) is 21.6. The predicted octanol–water partition coefficient (Wildman–Crippen LogP) is 2.99. The van der Waals surface area contributed by atoms with Crippen molar-refractivity contribution in [1.29, 1.82) is 0 Å². The van der Waals surface area contributed by atoms with Gasteiger partial charge in [-0.1, -0.05) is 33.6 Å². The van der Waals surface area contributed by atoms with E-state index in [1.54, 1.807) is 0 Å². The van der Waals surface area contributed by atoms with Crippen LogP contribution in [0.5, 0.6) is 0 Å². The van der Waals surface area contributed by atoms with Crippen molar-refractivity contribution in [3.63, 3.8) is 0 Å². The molecule has 0 spiro atoms. The molecule has 0 amide bonds. The summed E-state index contributed by atoms with van der Waals surface area (Å²) in [4.78, 5) is 0. The van der Waals surface area contributed by atoms with Gasteiger partial charge in [-0.3, -0.25) is 0 Å². The minimum Gasteiger partial charge on any atom is -0.393 e. The van der Waals surface area contributed by atoms with E-state index in [2.05, 4.69) is 20.8 Å². The maximum absolute atomic E-state index is 9.89. The third-order valence-corrected chi connectivity index (χ3v) is 3.43. The van der Waals surface area contributed by atoms with Crippen LogP contribution < -0.4 is 0 Å². The van der Waals surface area contributed by atoms with Gasteiger partial charge in [0.2, 0.25) is 0 Å². The number of rotatable bonds is 4. The molecule has 0 bridgehead atoms. The van der Waals surface area contributed by atoms with E-state index in [9.17, 15) is 5.11 Å². The van der Waals surface area contributed by atoms with Crippen LogP contribution in [-0.2, 0) is 4.74 Å². The zero-order valence-corrected chi connectivity index (χ0v) is 10.5. The number of ether oxygens (including phenoxy) is 1. The molecular formula is C13H26O2. The van der Waals surface area contributed by atoms with Crippen molar-refractivity contribution in [1.82, 2.24) is 0 Å². The Morgan fingerprint density at radius 3 is 2.40 bits per heavy atom. The lowest BCUT2D eigenvalue weighted by Crippen LogP contribution is -2.26. The van der Waals surface area contributed by atoms with Crippen LogP contribution in [0.25, 0.3) is 0 Å². The summed E-state index contributed by atoms with van der Waals surface area (Å²) in [7, 11) is 0. The summed E-state index contributed by atoms with van der Waals surface area (Å²) >= 11 is 0. The van der Waals surface area contributed by atoms with Gasteiger partial charge >= 0.3 is 0 Å². The van der Waals surface area contributed by atoms with Gasteiger partial charge in [-0.15, -0.1) is 0 Å². The minimum absolute atomic E-state index is 0.0374. The molecule has 2 heteroatoms. The Kier molecular flexibility index (Phi) is 5.07. The summed E-state index contributed by atoms with van der Waals surface area (Å²) in [6.07, 6.45) is 5.63. The van der Waals surface area contributed by atoms with E-state index < -0.39 is 0 Å². The number of aliphatic hydroxyl groups excluding tert-OH is 1. The van der Waals surface area contributed by atoms with Crippen LogP contribution >= 0.6 is 0 Å². The molecule has 1 aliphatic heterocycles. The predicted molar refractivity (Wildman–Crippen MR) is 62.9 cm³/mol. The first kappa shape index (κ1) is 13.0. The standard InChI is InChI=1S/C13H26O2/c1-13(2,3)12(14)6-4-5-11-7-9-15-10-8-11/h11-12,14H,4-10H2,1-3H3. The molecule has 1 unspecified atom stereocenters. The number of aliphatic hydroxyl groups is 1. The zero-order valence-electron chi connectivity index (χ0n) is 10.5. The molecule has 1 saturated heterocycles. The van der Waals surface area contributed by atoms with Crippen molar-refractivity contribution in [3.8, 4) is 0 Å². The Balaban J connectivity index is 2.10. The first-order chi connectivity index (χ1) is 7.00. The van der Waals surface area contributed by atoms with Gasteiger partial charge in [-0.25, -0.2) is 0 Å². The molecule has 0 radical (unpaired) electrons. The van der Waals surface area contributed by atoms with Gasteiger partial charge < -0.3 is 9.84 Å². The zero-order chi connectivity index (χ0) is 11.3. The van der Waals surface area contributed by atoms with E-state index in [1.807, 2.05) is 0 Å². The van der Waals surface area contributed by atoms with Crippen molar-refractivity contribution >= 4 is 0 Å². The van der Waals surface area contributed by atoms with Crippen LogP contribution in [0.3, 0.4) is 0 Å². The highest BCUT2D eigenvalue weighted by Gasteiger charge is 2.22. The van der Waals surface area contributed by atoms with Gasteiger partial charge in [0.05, 0.1) is 6.10 Å². The lowest BCUT2D eigenvalue weighted by Gasteiger charge is -2.27. The molecule has 0 aromatic heterocycles. The Morgan fingerprint density at radius 1 is 1.27 bits per heavy atom. The van der Waals surface area contributed by atoms with Crippen molar-refractivity contribution in [3.05, 3.63) is 0 Å². The van der Waals surface area contributed by atoms with Gasteiger partial charge in [0.25, 0.3) is 0 Å². The molecule has 0 aromatic rings. The number of hydrogen-bond donors (Lipinski definition) is 1. The molecule has 90 valence electrons. The van der Waals surface area contributed by atoms with E-state index in [1.165, 1.54) is 19.3 Å². The second-order valence-corrected chi connectivity index (χ2v) is 5.87. The lowest BCUT2D eigenvalue weighted by atomic mass is 9.84. The highest BCUT2D eigenvalue weighted by molar-refractivity contribution is 4.73.